The molecule has 4 aromatic rings. The van der Waals surface area contributed by atoms with Gasteiger partial charge in [0, 0.05) is 15.6 Å². The second-order valence-electron chi connectivity index (χ2n) is 7.72. The summed E-state index contributed by atoms with van der Waals surface area (Å²) in [5, 5.41) is 3.67. The Morgan fingerprint density at radius 3 is 2.42 bits per heavy atom. The van der Waals surface area contributed by atoms with E-state index in [2.05, 4.69) is 10.3 Å². The summed E-state index contributed by atoms with van der Waals surface area (Å²) < 4.78 is 19.8. The molecule has 0 aliphatic rings. The summed E-state index contributed by atoms with van der Waals surface area (Å²) >= 11 is 7.48. The molecule has 33 heavy (non-hydrogen) atoms. The van der Waals surface area contributed by atoms with E-state index in [0.717, 1.165) is 16.9 Å². The van der Waals surface area contributed by atoms with Crippen LogP contribution < -0.4 is 10.1 Å². The molecule has 8 heteroatoms. The van der Waals surface area contributed by atoms with Gasteiger partial charge in [0.2, 0.25) is 0 Å². The van der Waals surface area contributed by atoms with Gasteiger partial charge < -0.3 is 10.1 Å². The normalized spacial score (nSPS) is 11.0. The van der Waals surface area contributed by atoms with Crippen molar-refractivity contribution in [2.75, 3.05) is 5.32 Å². The fourth-order valence-electron chi connectivity index (χ4n) is 3.38. The van der Waals surface area contributed by atoms with Crippen LogP contribution in [0.4, 0.5) is 10.2 Å². The first kappa shape index (κ1) is 22.9. The van der Waals surface area contributed by atoms with Gasteiger partial charge in [0.1, 0.15) is 16.5 Å². The monoisotopic (exact) mass is 482 g/mol. The molecule has 4 rings (SSSR count). The Bertz CT molecular complexity index is 1410. The Morgan fingerprint density at radius 1 is 1.03 bits per heavy atom. The molecular weight excluding hydrogens is 463 g/mol. The van der Waals surface area contributed by atoms with Crippen molar-refractivity contribution in [2.45, 2.75) is 27.7 Å². The van der Waals surface area contributed by atoms with Crippen LogP contribution in [0.2, 0.25) is 5.02 Å². The molecule has 1 amide bonds. The maximum absolute atomic E-state index is 13.5. The van der Waals surface area contributed by atoms with Gasteiger partial charge in [-0.25, -0.2) is 14.2 Å². The first-order valence-corrected chi connectivity index (χ1v) is 11.3. The number of esters is 1. The quantitative estimate of drug-likeness (QED) is 0.325. The number of aromatic nitrogens is 1. The van der Waals surface area contributed by atoms with Crippen LogP contribution in [0.1, 0.15) is 42.4 Å². The summed E-state index contributed by atoms with van der Waals surface area (Å²) in [6.45, 7) is 7.22. The van der Waals surface area contributed by atoms with Gasteiger partial charge in [0.05, 0.1) is 16.3 Å². The van der Waals surface area contributed by atoms with Crippen molar-refractivity contribution >= 4 is 50.7 Å². The molecule has 0 radical (unpaired) electrons. The SMILES string of the molecule is Cc1ccc(C(=O)Oc2c(C)nc(NC(=O)c3sc4cc(F)ccc4c3Cl)c(C)c2C)cc1. The van der Waals surface area contributed by atoms with Gasteiger partial charge in [-0.3, -0.25) is 4.79 Å². The zero-order valence-electron chi connectivity index (χ0n) is 18.4. The number of amides is 1. The molecule has 1 N–H and O–H groups in total. The van der Waals surface area contributed by atoms with Crippen molar-refractivity contribution in [3.05, 3.63) is 86.1 Å². The number of nitrogens with zero attached hydrogens (tertiary/aromatic N) is 1. The number of hydrogen-bond donors (Lipinski definition) is 1. The Morgan fingerprint density at radius 2 is 1.73 bits per heavy atom. The summed E-state index contributed by atoms with van der Waals surface area (Å²) in [6, 6.07) is 11.3. The molecule has 0 saturated carbocycles. The highest BCUT2D eigenvalue weighted by atomic mass is 35.5. The zero-order chi connectivity index (χ0) is 23.9. The van der Waals surface area contributed by atoms with Crippen molar-refractivity contribution in [1.29, 1.82) is 0 Å². The van der Waals surface area contributed by atoms with Crippen LogP contribution in [-0.2, 0) is 0 Å². The van der Waals surface area contributed by atoms with Crippen LogP contribution >= 0.6 is 22.9 Å². The molecule has 0 bridgehead atoms. The Labute approximate surface area is 199 Å². The van der Waals surface area contributed by atoms with Crippen LogP contribution in [0.25, 0.3) is 10.1 Å². The predicted molar refractivity (Wildman–Crippen MR) is 129 cm³/mol. The number of halogens is 2. The molecule has 0 unspecified atom stereocenters. The third kappa shape index (κ3) is 4.47. The summed E-state index contributed by atoms with van der Waals surface area (Å²) in [5.74, 6) is -0.632. The molecule has 0 aliphatic carbocycles. The van der Waals surface area contributed by atoms with Gasteiger partial charge >= 0.3 is 5.97 Å². The van der Waals surface area contributed by atoms with Gasteiger partial charge in [-0.1, -0.05) is 29.3 Å². The van der Waals surface area contributed by atoms with E-state index in [1.165, 1.54) is 12.1 Å². The fourth-order valence-corrected chi connectivity index (χ4v) is 4.82. The average Bonchev–Trinajstić information content (AvgIpc) is 3.10. The number of nitrogens with one attached hydrogen (secondary N) is 1. The molecule has 0 atom stereocenters. The molecule has 0 fully saturated rings. The van der Waals surface area contributed by atoms with Crippen LogP contribution in [0.15, 0.2) is 42.5 Å². The van der Waals surface area contributed by atoms with Gasteiger partial charge in [-0.15, -0.1) is 11.3 Å². The van der Waals surface area contributed by atoms with Crippen LogP contribution in [-0.4, -0.2) is 16.9 Å². The lowest BCUT2D eigenvalue weighted by atomic mass is 10.1. The van der Waals surface area contributed by atoms with E-state index in [9.17, 15) is 14.0 Å². The number of rotatable bonds is 4. The van der Waals surface area contributed by atoms with Gasteiger partial charge in [-0.2, -0.15) is 0 Å². The number of benzene rings is 2. The zero-order valence-corrected chi connectivity index (χ0v) is 20.0. The molecular formula is C25H20ClFN2O3S. The topological polar surface area (TPSA) is 68.3 Å². The Hall–Kier alpha value is -3.29. The van der Waals surface area contributed by atoms with Gasteiger partial charge in [0.25, 0.3) is 5.91 Å². The van der Waals surface area contributed by atoms with E-state index < -0.39 is 17.7 Å². The van der Waals surface area contributed by atoms with Gasteiger partial charge in [-0.05, 0) is 63.6 Å². The van der Waals surface area contributed by atoms with Crippen LogP contribution in [0.3, 0.4) is 0 Å². The first-order chi connectivity index (χ1) is 15.7. The molecule has 0 spiro atoms. The second kappa shape index (κ2) is 8.92. The smallest absolute Gasteiger partial charge is 0.343 e. The van der Waals surface area contributed by atoms with E-state index in [1.807, 2.05) is 19.1 Å². The minimum Gasteiger partial charge on any atom is -0.421 e. The van der Waals surface area contributed by atoms with Crippen molar-refractivity contribution in [1.82, 2.24) is 4.98 Å². The van der Waals surface area contributed by atoms with E-state index in [0.29, 0.717) is 44.0 Å². The largest absolute Gasteiger partial charge is 0.421 e. The fraction of sp³-hybridized carbons (Fsp3) is 0.160. The number of anilines is 1. The highest BCUT2D eigenvalue weighted by Crippen LogP contribution is 2.37. The molecule has 2 aromatic carbocycles. The Kier molecular flexibility index (Phi) is 6.19. The number of carbonyl (C=O) groups excluding carboxylic acids is 2. The van der Waals surface area contributed by atoms with E-state index in [1.54, 1.807) is 39.0 Å². The minimum absolute atomic E-state index is 0.266. The third-order valence-electron chi connectivity index (χ3n) is 5.38. The molecule has 2 heterocycles. The molecule has 5 nitrogen and oxygen atoms in total. The second-order valence-corrected chi connectivity index (χ2v) is 9.15. The number of fused-ring (bicyclic) bond motifs is 1. The summed E-state index contributed by atoms with van der Waals surface area (Å²) in [7, 11) is 0. The van der Waals surface area contributed by atoms with Crippen LogP contribution in [0, 0.1) is 33.5 Å². The van der Waals surface area contributed by atoms with E-state index in [-0.39, 0.29) is 9.90 Å². The number of thiophene rings is 1. The number of hydrogen-bond acceptors (Lipinski definition) is 5. The summed E-state index contributed by atoms with van der Waals surface area (Å²) in [4.78, 5) is 30.2. The van der Waals surface area contributed by atoms with Crippen molar-refractivity contribution in [2.24, 2.45) is 0 Å². The lowest BCUT2D eigenvalue weighted by Gasteiger charge is -2.16. The molecule has 168 valence electrons. The van der Waals surface area contributed by atoms with Crippen molar-refractivity contribution < 1.29 is 18.7 Å². The third-order valence-corrected chi connectivity index (χ3v) is 7.03. The standard InChI is InChI=1S/C25H20ClFN2O3S/c1-12-5-7-16(8-6-12)25(31)32-21-13(2)14(3)23(28-15(21)4)29-24(30)22-20(26)18-10-9-17(27)11-19(18)33-22/h5-11H,1-4H3,(H,28,29,30). The van der Waals surface area contributed by atoms with Crippen molar-refractivity contribution in [3.8, 4) is 5.75 Å². The maximum Gasteiger partial charge on any atom is 0.343 e. The number of ether oxygens (including phenoxy) is 1. The van der Waals surface area contributed by atoms with Gasteiger partial charge in [0.15, 0.2) is 5.75 Å². The average molecular weight is 483 g/mol. The maximum atomic E-state index is 13.5. The van der Waals surface area contributed by atoms with Crippen molar-refractivity contribution in [3.63, 3.8) is 0 Å². The first-order valence-electron chi connectivity index (χ1n) is 10.1. The summed E-state index contributed by atoms with van der Waals surface area (Å²) in [6.07, 6.45) is 0. The lowest BCUT2D eigenvalue weighted by molar-refractivity contribution is 0.0731. The Balaban J connectivity index is 1.61. The minimum atomic E-state index is -0.483. The lowest BCUT2D eigenvalue weighted by Crippen LogP contribution is -2.16. The number of pyridine rings is 1. The van der Waals surface area contributed by atoms with E-state index >= 15 is 0 Å². The molecule has 2 aromatic heterocycles. The number of carbonyl (C=O) groups is 2. The highest BCUT2D eigenvalue weighted by molar-refractivity contribution is 7.21. The summed E-state index contributed by atoms with van der Waals surface area (Å²) in [5.41, 5.74) is 3.27. The van der Waals surface area contributed by atoms with Crippen LogP contribution in [0.5, 0.6) is 5.75 Å². The highest BCUT2D eigenvalue weighted by Gasteiger charge is 2.22. The van der Waals surface area contributed by atoms with E-state index in [4.69, 9.17) is 16.3 Å². The number of aryl methyl sites for hydroxylation is 2. The molecule has 0 saturated heterocycles. The predicted octanol–water partition coefficient (Wildman–Crippen LogP) is 6.79. The molecule has 0 aliphatic heterocycles.